The fourth-order valence-corrected chi connectivity index (χ4v) is 3.78. The Labute approximate surface area is 168 Å². The second-order valence-corrected chi connectivity index (χ2v) is 7.32. The van der Waals surface area contributed by atoms with E-state index in [1.54, 1.807) is 19.1 Å². The molecule has 1 aliphatic carbocycles. The summed E-state index contributed by atoms with van der Waals surface area (Å²) in [6.07, 6.45) is 3.52. The summed E-state index contributed by atoms with van der Waals surface area (Å²) in [5.41, 5.74) is 0.893. The van der Waals surface area contributed by atoms with Crippen LogP contribution in [0.4, 0.5) is 5.69 Å². The number of benzene rings is 1. The molecule has 0 bridgehead atoms. The first kappa shape index (κ1) is 20.7. The molecule has 29 heavy (non-hydrogen) atoms. The van der Waals surface area contributed by atoms with E-state index in [1.165, 1.54) is 12.1 Å². The van der Waals surface area contributed by atoms with Gasteiger partial charge in [0.15, 0.2) is 12.4 Å². The SMILES string of the molecule is CCC(=O)Nc1ccc(C(=O)COC(=O)CN2C(=O)[C@H]3CCCC[C@@H]3C2=O)cc1. The van der Waals surface area contributed by atoms with Crippen LogP contribution in [0.2, 0.25) is 0 Å². The number of nitrogens with zero attached hydrogens (tertiary/aromatic N) is 1. The third-order valence-corrected chi connectivity index (χ3v) is 5.40. The lowest BCUT2D eigenvalue weighted by Gasteiger charge is -2.19. The summed E-state index contributed by atoms with van der Waals surface area (Å²) in [6, 6.07) is 6.23. The fourth-order valence-electron chi connectivity index (χ4n) is 3.78. The minimum Gasteiger partial charge on any atom is -0.456 e. The molecule has 3 rings (SSSR count). The molecule has 0 radical (unpaired) electrons. The molecule has 1 saturated carbocycles. The van der Waals surface area contributed by atoms with Gasteiger partial charge in [-0.1, -0.05) is 19.8 Å². The molecule has 1 aromatic carbocycles. The number of Topliss-reactive ketones (excluding diaryl/α,β-unsaturated/α-hetero) is 1. The van der Waals surface area contributed by atoms with Gasteiger partial charge in [-0.25, -0.2) is 0 Å². The largest absolute Gasteiger partial charge is 0.456 e. The highest BCUT2D eigenvalue weighted by atomic mass is 16.5. The van der Waals surface area contributed by atoms with Gasteiger partial charge in [0.1, 0.15) is 6.54 Å². The minimum absolute atomic E-state index is 0.135. The van der Waals surface area contributed by atoms with Gasteiger partial charge in [0.2, 0.25) is 17.7 Å². The van der Waals surface area contributed by atoms with Gasteiger partial charge >= 0.3 is 5.97 Å². The molecule has 0 unspecified atom stereocenters. The van der Waals surface area contributed by atoms with Crippen LogP contribution in [0.3, 0.4) is 0 Å². The van der Waals surface area contributed by atoms with E-state index in [-0.39, 0.29) is 29.6 Å². The van der Waals surface area contributed by atoms with E-state index in [1.807, 2.05) is 0 Å². The molecular weight excluding hydrogens is 376 g/mol. The van der Waals surface area contributed by atoms with Gasteiger partial charge in [0, 0.05) is 17.7 Å². The highest BCUT2D eigenvalue weighted by Crippen LogP contribution is 2.37. The molecule has 2 fully saturated rings. The van der Waals surface area contributed by atoms with E-state index in [2.05, 4.69) is 5.32 Å². The van der Waals surface area contributed by atoms with Crippen molar-refractivity contribution in [1.29, 1.82) is 0 Å². The van der Waals surface area contributed by atoms with Crippen LogP contribution >= 0.6 is 0 Å². The average Bonchev–Trinajstić information content (AvgIpc) is 2.97. The van der Waals surface area contributed by atoms with E-state index in [0.29, 0.717) is 30.5 Å². The zero-order chi connectivity index (χ0) is 21.0. The molecular formula is C21H24N2O6. The quantitative estimate of drug-likeness (QED) is 0.425. The zero-order valence-electron chi connectivity index (χ0n) is 16.3. The van der Waals surface area contributed by atoms with E-state index >= 15 is 0 Å². The van der Waals surface area contributed by atoms with Crippen LogP contribution in [-0.2, 0) is 23.9 Å². The molecule has 1 aromatic rings. The number of carbonyl (C=O) groups excluding carboxylic acids is 5. The predicted molar refractivity (Wildman–Crippen MR) is 103 cm³/mol. The summed E-state index contributed by atoms with van der Waals surface area (Å²) in [5, 5.41) is 2.67. The fraction of sp³-hybridized carbons (Fsp3) is 0.476. The Morgan fingerprint density at radius 3 is 2.17 bits per heavy atom. The molecule has 2 atom stereocenters. The number of ketones is 1. The maximum Gasteiger partial charge on any atom is 0.326 e. The number of carbonyl (C=O) groups is 5. The summed E-state index contributed by atoms with van der Waals surface area (Å²) in [7, 11) is 0. The lowest BCUT2D eigenvalue weighted by molar-refractivity contribution is -0.152. The Morgan fingerprint density at radius 1 is 1.03 bits per heavy atom. The Hall–Kier alpha value is -3.03. The van der Waals surface area contributed by atoms with Gasteiger partial charge in [-0.15, -0.1) is 0 Å². The van der Waals surface area contributed by atoms with Crippen LogP contribution in [0.1, 0.15) is 49.4 Å². The van der Waals surface area contributed by atoms with Crippen LogP contribution in [0, 0.1) is 11.8 Å². The van der Waals surface area contributed by atoms with Crippen molar-refractivity contribution in [2.75, 3.05) is 18.5 Å². The number of ether oxygens (including phenoxy) is 1. The highest BCUT2D eigenvalue weighted by molar-refractivity contribution is 6.07. The van der Waals surface area contributed by atoms with Gasteiger partial charge in [0.25, 0.3) is 0 Å². The summed E-state index contributed by atoms with van der Waals surface area (Å²) < 4.78 is 4.98. The maximum absolute atomic E-state index is 12.4. The van der Waals surface area contributed by atoms with Crippen LogP contribution < -0.4 is 5.32 Å². The van der Waals surface area contributed by atoms with E-state index in [0.717, 1.165) is 17.7 Å². The second-order valence-electron chi connectivity index (χ2n) is 7.32. The molecule has 8 nitrogen and oxygen atoms in total. The van der Waals surface area contributed by atoms with Crippen LogP contribution in [0.5, 0.6) is 0 Å². The summed E-state index contributed by atoms with van der Waals surface area (Å²) in [6.45, 7) is 0.793. The van der Waals surface area contributed by atoms with Crippen molar-refractivity contribution in [3.63, 3.8) is 0 Å². The Bertz CT molecular complexity index is 808. The molecule has 0 spiro atoms. The molecule has 1 saturated heterocycles. The zero-order valence-corrected chi connectivity index (χ0v) is 16.3. The summed E-state index contributed by atoms with van der Waals surface area (Å²) >= 11 is 0. The van der Waals surface area contributed by atoms with Gasteiger partial charge < -0.3 is 10.1 Å². The first-order valence-electron chi connectivity index (χ1n) is 9.84. The standard InChI is InChI=1S/C21H24N2O6/c1-2-18(25)22-14-9-7-13(8-10-14)17(24)12-29-19(26)11-23-20(27)15-5-3-4-6-16(15)21(23)28/h7-10,15-16H,2-6,11-12H2,1H3,(H,22,25)/t15-,16-/m0/s1. The molecule has 1 heterocycles. The third kappa shape index (κ3) is 4.70. The molecule has 0 aromatic heterocycles. The number of rotatable bonds is 7. The van der Waals surface area contributed by atoms with Crippen LogP contribution in [-0.4, -0.2) is 47.5 Å². The van der Waals surface area contributed by atoms with Crippen LogP contribution in [0.15, 0.2) is 24.3 Å². The second kappa shape index (κ2) is 8.98. The molecule has 8 heteroatoms. The van der Waals surface area contributed by atoms with E-state index < -0.39 is 24.9 Å². The predicted octanol–water partition coefficient (Wildman–Crippen LogP) is 1.94. The average molecular weight is 400 g/mol. The Kier molecular flexibility index (Phi) is 6.41. The van der Waals surface area contributed by atoms with E-state index in [9.17, 15) is 24.0 Å². The number of esters is 1. The number of imide groups is 1. The topological polar surface area (TPSA) is 110 Å². The number of hydrogen-bond acceptors (Lipinski definition) is 6. The number of nitrogens with one attached hydrogen (secondary N) is 1. The minimum atomic E-state index is -0.787. The van der Waals surface area contributed by atoms with Gasteiger partial charge in [-0.2, -0.15) is 0 Å². The molecule has 3 amide bonds. The monoisotopic (exact) mass is 400 g/mol. The molecule has 2 aliphatic rings. The molecule has 154 valence electrons. The van der Waals surface area contributed by atoms with Gasteiger partial charge in [-0.05, 0) is 37.1 Å². The number of likely N-dealkylation sites (tertiary alicyclic amines) is 1. The van der Waals surface area contributed by atoms with Crippen LogP contribution in [0.25, 0.3) is 0 Å². The normalized spacial score (nSPS) is 20.9. The van der Waals surface area contributed by atoms with Crippen molar-refractivity contribution in [2.24, 2.45) is 11.8 Å². The van der Waals surface area contributed by atoms with Crippen molar-refractivity contribution >= 4 is 35.2 Å². The third-order valence-electron chi connectivity index (χ3n) is 5.40. The van der Waals surface area contributed by atoms with Gasteiger partial charge in [0.05, 0.1) is 11.8 Å². The number of anilines is 1. The molecule has 1 N–H and O–H groups in total. The summed E-state index contributed by atoms with van der Waals surface area (Å²) in [5.74, 6) is -2.61. The van der Waals surface area contributed by atoms with Crippen molar-refractivity contribution in [3.05, 3.63) is 29.8 Å². The highest BCUT2D eigenvalue weighted by Gasteiger charge is 2.48. The Balaban J connectivity index is 1.50. The van der Waals surface area contributed by atoms with Crippen molar-refractivity contribution in [1.82, 2.24) is 4.90 Å². The number of fused-ring (bicyclic) bond motifs is 1. The maximum atomic E-state index is 12.4. The summed E-state index contributed by atoms with van der Waals surface area (Å²) in [4.78, 5) is 61.4. The lowest BCUT2D eigenvalue weighted by Crippen LogP contribution is -2.37. The number of amides is 3. The number of hydrogen-bond donors (Lipinski definition) is 1. The Morgan fingerprint density at radius 2 is 1.62 bits per heavy atom. The van der Waals surface area contributed by atoms with Crippen molar-refractivity contribution in [3.8, 4) is 0 Å². The smallest absolute Gasteiger partial charge is 0.326 e. The van der Waals surface area contributed by atoms with E-state index in [4.69, 9.17) is 4.74 Å². The van der Waals surface area contributed by atoms with Crippen molar-refractivity contribution in [2.45, 2.75) is 39.0 Å². The first-order valence-corrected chi connectivity index (χ1v) is 9.84. The molecule has 1 aliphatic heterocycles. The van der Waals surface area contributed by atoms with Gasteiger partial charge in [-0.3, -0.25) is 28.9 Å². The van der Waals surface area contributed by atoms with Crippen molar-refractivity contribution < 1.29 is 28.7 Å². The first-order chi connectivity index (χ1) is 13.9. The lowest BCUT2D eigenvalue weighted by atomic mass is 9.81.